The first-order valence-electron chi connectivity index (χ1n) is 9.21. The highest BCUT2D eigenvalue weighted by Gasteiger charge is 2.22. The summed E-state index contributed by atoms with van der Waals surface area (Å²) in [5.74, 6) is 1.40. The number of rotatable bonds is 5. The Morgan fingerprint density at radius 1 is 0.963 bits per heavy atom. The van der Waals surface area contributed by atoms with Crippen molar-refractivity contribution in [1.29, 1.82) is 0 Å². The molecule has 4 nitrogen and oxygen atoms in total. The number of nitrogens with zero attached hydrogens (tertiary/aromatic N) is 1. The Hall–Kier alpha value is -3.11. The molecule has 0 spiro atoms. The van der Waals surface area contributed by atoms with Gasteiger partial charge in [0.05, 0.1) is 11.7 Å². The van der Waals surface area contributed by atoms with Gasteiger partial charge in [0.25, 0.3) is 0 Å². The van der Waals surface area contributed by atoms with Crippen molar-refractivity contribution in [3.8, 4) is 5.75 Å². The van der Waals surface area contributed by atoms with Crippen LogP contribution in [0.25, 0.3) is 0 Å². The summed E-state index contributed by atoms with van der Waals surface area (Å²) in [5.41, 5.74) is 10.8. The van der Waals surface area contributed by atoms with E-state index in [4.69, 9.17) is 10.5 Å². The number of fused-ring (bicyclic) bond motifs is 1. The minimum absolute atomic E-state index is 0.0380. The maximum Gasteiger partial charge on any atom is 0.121 e. The molecule has 0 fully saturated rings. The third kappa shape index (κ3) is 4.18. The van der Waals surface area contributed by atoms with Crippen molar-refractivity contribution in [1.82, 2.24) is 5.32 Å². The molecule has 1 aliphatic rings. The second-order valence-corrected chi connectivity index (χ2v) is 6.64. The van der Waals surface area contributed by atoms with Gasteiger partial charge in [0, 0.05) is 6.54 Å². The average molecular weight is 357 g/mol. The second kappa shape index (κ2) is 8.06. The molecule has 0 aromatic heterocycles. The highest BCUT2D eigenvalue weighted by atomic mass is 16.5. The van der Waals surface area contributed by atoms with E-state index >= 15 is 0 Å². The summed E-state index contributed by atoms with van der Waals surface area (Å²) < 4.78 is 5.82. The van der Waals surface area contributed by atoms with Crippen molar-refractivity contribution in [2.45, 2.75) is 19.1 Å². The number of amidine groups is 1. The number of nitrogens with one attached hydrogen (secondary N) is 1. The first kappa shape index (κ1) is 17.3. The van der Waals surface area contributed by atoms with E-state index in [1.165, 1.54) is 11.1 Å². The molecule has 0 saturated carbocycles. The van der Waals surface area contributed by atoms with Gasteiger partial charge in [0.2, 0.25) is 0 Å². The Kier molecular flexibility index (Phi) is 5.17. The van der Waals surface area contributed by atoms with Crippen molar-refractivity contribution in [3.63, 3.8) is 0 Å². The van der Waals surface area contributed by atoms with E-state index in [1.807, 2.05) is 60.7 Å². The van der Waals surface area contributed by atoms with Crippen molar-refractivity contribution in [2.24, 2.45) is 10.7 Å². The van der Waals surface area contributed by atoms with Crippen LogP contribution >= 0.6 is 0 Å². The lowest BCUT2D eigenvalue weighted by atomic mass is 9.94. The molecule has 0 amide bonds. The number of ether oxygens (including phenoxy) is 1. The maximum absolute atomic E-state index is 6.32. The number of hydrogen-bond donors (Lipinski definition) is 2. The molecule has 0 aliphatic carbocycles. The van der Waals surface area contributed by atoms with Crippen molar-refractivity contribution in [3.05, 3.63) is 95.6 Å². The van der Waals surface area contributed by atoms with Gasteiger partial charge >= 0.3 is 0 Å². The minimum Gasteiger partial charge on any atom is -0.489 e. The Balaban J connectivity index is 1.45. The molecular weight excluding hydrogens is 334 g/mol. The molecule has 4 heteroatoms. The lowest BCUT2D eigenvalue weighted by Gasteiger charge is -2.26. The van der Waals surface area contributed by atoms with Crippen LogP contribution in [0.1, 0.15) is 22.7 Å². The highest BCUT2D eigenvalue weighted by molar-refractivity contribution is 5.89. The molecule has 3 N–H and O–H groups in total. The van der Waals surface area contributed by atoms with Gasteiger partial charge in [-0.25, -0.2) is 4.99 Å². The maximum atomic E-state index is 6.32. The Bertz CT molecular complexity index is 920. The first-order chi connectivity index (χ1) is 13.3. The third-order valence-electron chi connectivity index (χ3n) is 4.75. The zero-order valence-corrected chi connectivity index (χ0v) is 15.1. The van der Waals surface area contributed by atoms with Gasteiger partial charge in [0.15, 0.2) is 0 Å². The summed E-state index contributed by atoms with van der Waals surface area (Å²) in [6.07, 6.45) is 1.02. The van der Waals surface area contributed by atoms with Gasteiger partial charge in [-0.1, -0.05) is 54.6 Å². The molecule has 0 bridgehead atoms. The molecule has 1 heterocycles. The number of benzene rings is 3. The van der Waals surface area contributed by atoms with Gasteiger partial charge in [0.1, 0.15) is 18.2 Å². The van der Waals surface area contributed by atoms with Gasteiger partial charge < -0.3 is 15.8 Å². The molecule has 0 radical (unpaired) electrons. The zero-order chi connectivity index (χ0) is 18.5. The molecule has 3 aromatic rings. The molecule has 1 atom stereocenters. The Labute approximate surface area is 159 Å². The number of aliphatic imine (C=N–C) groups is 1. The summed E-state index contributed by atoms with van der Waals surface area (Å²) in [6.45, 7) is 1.46. The molecule has 1 aliphatic heterocycles. The summed E-state index contributed by atoms with van der Waals surface area (Å²) >= 11 is 0. The third-order valence-corrected chi connectivity index (χ3v) is 4.75. The first-order valence-corrected chi connectivity index (χ1v) is 9.21. The molecule has 1 unspecified atom stereocenters. The van der Waals surface area contributed by atoms with Gasteiger partial charge in [-0.3, -0.25) is 0 Å². The standard InChI is InChI=1S/C23H23N3O/c24-23(22-21-9-5-4-8-18(21)14-15-25-22)26-19-10-12-20(13-11-19)27-16-17-6-2-1-3-7-17/h1-13,22,25H,14-16H2,(H2,24,26). The molecule has 0 saturated heterocycles. The highest BCUT2D eigenvalue weighted by Crippen LogP contribution is 2.25. The van der Waals surface area contributed by atoms with E-state index in [0.29, 0.717) is 12.4 Å². The van der Waals surface area contributed by atoms with Crippen LogP contribution in [0.2, 0.25) is 0 Å². The SMILES string of the molecule is NC(=Nc1ccc(OCc2ccccc2)cc1)C1NCCc2ccccc21. The van der Waals surface area contributed by atoms with Crippen LogP contribution < -0.4 is 15.8 Å². The molecule has 27 heavy (non-hydrogen) atoms. The van der Waals surface area contributed by atoms with Crippen LogP contribution in [0.15, 0.2) is 83.9 Å². The van der Waals surface area contributed by atoms with Gasteiger partial charge in [-0.05, 0) is 47.4 Å². The van der Waals surface area contributed by atoms with Crippen LogP contribution in [0.3, 0.4) is 0 Å². The second-order valence-electron chi connectivity index (χ2n) is 6.64. The van der Waals surface area contributed by atoms with E-state index in [-0.39, 0.29) is 6.04 Å². The Morgan fingerprint density at radius 3 is 2.52 bits per heavy atom. The summed E-state index contributed by atoms with van der Waals surface area (Å²) in [4.78, 5) is 4.62. The lowest BCUT2D eigenvalue weighted by molar-refractivity contribution is 0.306. The van der Waals surface area contributed by atoms with Gasteiger partial charge in [-0.15, -0.1) is 0 Å². The van der Waals surface area contributed by atoms with Crippen molar-refractivity contribution < 1.29 is 4.74 Å². The molecular formula is C23H23N3O. The lowest BCUT2D eigenvalue weighted by Crippen LogP contribution is -2.38. The van der Waals surface area contributed by atoms with E-state index < -0.39 is 0 Å². The number of nitrogens with two attached hydrogens (primary N) is 1. The predicted octanol–water partition coefficient (Wildman–Crippen LogP) is 4.14. The molecule has 136 valence electrons. The quantitative estimate of drug-likeness (QED) is 0.533. The van der Waals surface area contributed by atoms with Crippen LogP contribution in [0.4, 0.5) is 5.69 Å². The van der Waals surface area contributed by atoms with E-state index in [0.717, 1.165) is 30.0 Å². The largest absolute Gasteiger partial charge is 0.489 e. The van der Waals surface area contributed by atoms with E-state index in [2.05, 4.69) is 28.5 Å². The van der Waals surface area contributed by atoms with Gasteiger partial charge in [-0.2, -0.15) is 0 Å². The zero-order valence-electron chi connectivity index (χ0n) is 15.1. The summed E-state index contributed by atoms with van der Waals surface area (Å²) in [5, 5.41) is 3.46. The van der Waals surface area contributed by atoms with Crippen LogP contribution in [-0.4, -0.2) is 12.4 Å². The fraction of sp³-hybridized carbons (Fsp3) is 0.174. The van der Waals surface area contributed by atoms with Crippen molar-refractivity contribution >= 4 is 11.5 Å². The average Bonchev–Trinajstić information content (AvgIpc) is 2.73. The topological polar surface area (TPSA) is 59.6 Å². The van der Waals surface area contributed by atoms with Crippen molar-refractivity contribution in [2.75, 3.05) is 6.54 Å². The summed E-state index contributed by atoms with van der Waals surface area (Å²) in [6, 6.07) is 26.2. The molecule has 4 rings (SSSR count). The van der Waals surface area contributed by atoms with Crippen LogP contribution in [0, 0.1) is 0 Å². The predicted molar refractivity (Wildman–Crippen MR) is 109 cm³/mol. The fourth-order valence-electron chi connectivity index (χ4n) is 3.34. The minimum atomic E-state index is -0.0380. The Morgan fingerprint density at radius 2 is 1.70 bits per heavy atom. The normalized spacial score (nSPS) is 16.6. The number of hydrogen-bond acceptors (Lipinski definition) is 3. The molecule has 3 aromatic carbocycles. The van der Waals surface area contributed by atoms with E-state index in [9.17, 15) is 0 Å². The fourth-order valence-corrected chi connectivity index (χ4v) is 3.34. The summed E-state index contributed by atoms with van der Waals surface area (Å²) in [7, 11) is 0. The van der Waals surface area contributed by atoms with Crippen LogP contribution in [-0.2, 0) is 13.0 Å². The van der Waals surface area contributed by atoms with E-state index in [1.54, 1.807) is 0 Å². The smallest absolute Gasteiger partial charge is 0.121 e. The van der Waals surface area contributed by atoms with Crippen LogP contribution in [0.5, 0.6) is 5.75 Å². The monoisotopic (exact) mass is 357 g/mol.